The molecule has 0 spiro atoms. The van der Waals surface area contributed by atoms with Gasteiger partial charge in [0.15, 0.2) is 0 Å². The van der Waals surface area contributed by atoms with E-state index in [1.807, 2.05) is 0 Å². The van der Waals surface area contributed by atoms with Crippen molar-refractivity contribution in [3.8, 4) is 0 Å². The van der Waals surface area contributed by atoms with Crippen LogP contribution in [0.5, 0.6) is 0 Å². The van der Waals surface area contributed by atoms with Crippen molar-refractivity contribution in [2.75, 3.05) is 0 Å². The SMILES string of the molecule is [B]c1ccc(/C=C/C(=O)OC(C)(C)C)c(F)c1. The Kier molecular flexibility index (Phi) is 4.10. The number of benzene rings is 1. The van der Waals surface area contributed by atoms with E-state index in [9.17, 15) is 9.18 Å². The molecular formula is C13H14BFO2. The zero-order valence-corrected chi connectivity index (χ0v) is 10.2. The third-order valence-electron chi connectivity index (χ3n) is 1.83. The highest BCUT2D eigenvalue weighted by Crippen LogP contribution is 2.10. The van der Waals surface area contributed by atoms with Crippen molar-refractivity contribution in [2.45, 2.75) is 26.4 Å². The lowest BCUT2D eigenvalue weighted by Gasteiger charge is -2.17. The molecule has 0 saturated heterocycles. The smallest absolute Gasteiger partial charge is 0.331 e. The van der Waals surface area contributed by atoms with E-state index in [0.717, 1.165) is 0 Å². The van der Waals surface area contributed by atoms with E-state index in [1.165, 1.54) is 24.3 Å². The highest BCUT2D eigenvalue weighted by atomic mass is 19.1. The van der Waals surface area contributed by atoms with E-state index in [0.29, 0.717) is 11.0 Å². The van der Waals surface area contributed by atoms with E-state index in [-0.39, 0.29) is 0 Å². The van der Waals surface area contributed by atoms with Crippen LogP contribution in [0.25, 0.3) is 6.08 Å². The van der Waals surface area contributed by atoms with Gasteiger partial charge in [0, 0.05) is 11.6 Å². The summed E-state index contributed by atoms with van der Waals surface area (Å²) in [7, 11) is 5.41. The van der Waals surface area contributed by atoms with E-state index >= 15 is 0 Å². The van der Waals surface area contributed by atoms with Gasteiger partial charge in [-0.3, -0.25) is 0 Å². The number of ether oxygens (including phenoxy) is 1. The van der Waals surface area contributed by atoms with Crippen LogP contribution in [0, 0.1) is 5.82 Å². The fourth-order valence-electron chi connectivity index (χ4n) is 1.17. The molecule has 1 aromatic rings. The van der Waals surface area contributed by atoms with E-state index in [4.69, 9.17) is 12.6 Å². The Balaban J connectivity index is 2.74. The lowest BCUT2D eigenvalue weighted by Crippen LogP contribution is -2.22. The third kappa shape index (κ3) is 4.85. The molecule has 2 nitrogen and oxygen atoms in total. The van der Waals surface area contributed by atoms with Crippen molar-refractivity contribution in [3.63, 3.8) is 0 Å². The molecule has 2 radical (unpaired) electrons. The number of carbonyl (C=O) groups excluding carboxylic acids is 1. The molecule has 0 aliphatic carbocycles. The van der Waals surface area contributed by atoms with Crippen molar-refractivity contribution < 1.29 is 13.9 Å². The summed E-state index contributed by atoms with van der Waals surface area (Å²) in [6, 6.07) is 4.28. The molecule has 0 aromatic heterocycles. The largest absolute Gasteiger partial charge is 0.457 e. The van der Waals surface area contributed by atoms with Gasteiger partial charge >= 0.3 is 5.97 Å². The molecule has 0 amide bonds. The predicted octanol–water partition coefficient (Wildman–Crippen LogP) is 1.97. The van der Waals surface area contributed by atoms with E-state index < -0.39 is 17.4 Å². The number of hydrogen-bond donors (Lipinski definition) is 0. The number of esters is 1. The summed E-state index contributed by atoms with van der Waals surface area (Å²) < 4.78 is 18.4. The normalized spacial score (nSPS) is 11.8. The second-order valence-electron chi connectivity index (χ2n) is 4.65. The van der Waals surface area contributed by atoms with Crippen molar-refractivity contribution in [3.05, 3.63) is 35.7 Å². The van der Waals surface area contributed by atoms with Gasteiger partial charge in [-0.1, -0.05) is 17.6 Å². The van der Waals surface area contributed by atoms with Gasteiger partial charge in [-0.25, -0.2) is 9.18 Å². The maximum atomic E-state index is 13.4. The Morgan fingerprint density at radius 3 is 2.59 bits per heavy atom. The second kappa shape index (κ2) is 5.17. The third-order valence-corrected chi connectivity index (χ3v) is 1.83. The second-order valence-corrected chi connectivity index (χ2v) is 4.65. The van der Waals surface area contributed by atoms with Gasteiger partial charge < -0.3 is 4.74 Å². The summed E-state index contributed by atoms with van der Waals surface area (Å²) in [6.07, 6.45) is 2.56. The molecule has 0 aliphatic heterocycles. The molecule has 4 heteroatoms. The fraction of sp³-hybridized carbons (Fsp3) is 0.308. The standard InChI is InChI=1S/C13H14BFO2/c1-13(2,3)17-12(16)7-5-9-4-6-10(14)8-11(9)15/h4-8H,1-3H3/b7-5+. The lowest BCUT2D eigenvalue weighted by molar-refractivity contribution is -0.148. The van der Waals surface area contributed by atoms with E-state index in [1.54, 1.807) is 26.8 Å². The van der Waals surface area contributed by atoms with Gasteiger partial charge in [0.05, 0.1) is 0 Å². The molecule has 1 rings (SSSR count). The van der Waals surface area contributed by atoms with Crippen LogP contribution in [0.2, 0.25) is 0 Å². The van der Waals surface area contributed by atoms with Crippen molar-refractivity contribution in [1.29, 1.82) is 0 Å². The molecule has 0 atom stereocenters. The van der Waals surface area contributed by atoms with Crippen LogP contribution in [0.15, 0.2) is 24.3 Å². The van der Waals surface area contributed by atoms with Gasteiger partial charge in [-0.05, 0) is 32.9 Å². The quantitative estimate of drug-likeness (QED) is 0.442. The molecule has 1 aromatic carbocycles. The monoisotopic (exact) mass is 232 g/mol. The number of carbonyl (C=O) groups is 1. The minimum atomic E-state index is -0.554. The van der Waals surface area contributed by atoms with Gasteiger partial charge in [0.25, 0.3) is 0 Å². The maximum absolute atomic E-state index is 13.4. The minimum Gasteiger partial charge on any atom is -0.457 e. The van der Waals surface area contributed by atoms with Gasteiger partial charge in [0.2, 0.25) is 0 Å². The first-order valence-corrected chi connectivity index (χ1v) is 5.24. The summed E-state index contributed by atoms with van der Waals surface area (Å²) in [5, 5.41) is 0. The van der Waals surface area contributed by atoms with Crippen molar-refractivity contribution in [2.24, 2.45) is 0 Å². The number of halogens is 1. The Bertz CT molecular complexity index is 447. The van der Waals surface area contributed by atoms with Crippen molar-refractivity contribution >= 4 is 25.4 Å². The molecule has 0 heterocycles. The average molecular weight is 232 g/mol. The lowest BCUT2D eigenvalue weighted by atomic mass is 9.95. The predicted molar refractivity (Wildman–Crippen MR) is 66.7 cm³/mol. The zero-order chi connectivity index (χ0) is 13.1. The topological polar surface area (TPSA) is 26.3 Å². The first kappa shape index (κ1) is 13.5. The van der Waals surface area contributed by atoms with Crippen LogP contribution in [0.1, 0.15) is 26.3 Å². The number of hydrogen-bond acceptors (Lipinski definition) is 2. The van der Waals surface area contributed by atoms with Gasteiger partial charge in [0.1, 0.15) is 19.3 Å². The molecule has 88 valence electrons. The molecule has 0 bridgehead atoms. The average Bonchev–Trinajstić information content (AvgIpc) is 2.13. The summed E-state index contributed by atoms with van der Waals surface area (Å²) >= 11 is 0. The van der Waals surface area contributed by atoms with Crippen LogP contribution in [-0.2, 0) is 9.53 Å². The highest BCUT2D eigenvalue weighted by Gasteiger charge is 2.13. The van der Waals surface area contributed by atoms with Crippen LogP contribution >= 0.6 is 0 Å². The summed E-state index contributed by atoms with van der Waals surface area (Å²) in [6.45, 7) is 5.30. The first-order valence-electron chi connectivity index (χ1n) is 5.24. The zero-order valence-electron chi connectivity index (χ0n) is 10.2. The molecule has 0 saturated carbocycles. The van der Waals surface area contributed by atoms with Crippen molar-refractivity contribution in [1.82, 2.24) is 0 Å². The fourth-order valence-corrected chi connectivity index (χ4v) is 1.17. The molecule has 17 heavy (non-hydrogen) atoms. The Labute approximate surface area is 102 Å². The van der Waals surface area contributed by atoms with Crippen LogP contribution in [-0.4, -0.2) is 19.4 Å². The molecular weight excluding hydrogens is 218 g/mol. The summed E-state index contributed by atoms with van der Waals surface area (Å²) in [4.78, 5) is 11.4. The molecule has 0 unspecified atom stereocenters. The first-order chi connectivity index (χ1) is 7.78. The minimum absolute atomic E-state index is 0.296. The van der Waals surface area contributed by atoms with Gasteiger partial charge in [-0.15, -0.1) is 0 Å². The van der Waals surface area contributed by atoms with Crippen LogP contribution < -0.4 is 5.46 Å². The Morgan fingerprint density at radius 1 is 1.41 bits per heavy atom. The molecule has 0 aliphatic rings. The highest BCUT2D eigenvalue weighted by molar-refractivity contribution is 6.32. The van der Waals surface area contributed by atoms with E-state index in [2.05, 4.69) is 0 Å². The summed E-state index contributed by atoms with van der Waals surface area (Å²) in [5.74, 6) is -0.974. The van der Waals surface area contributed by atoms with Crippen LogP contribution in [0.3, 0.4) is 0 Å². The number of rotatable bonds is 2. The molecule has 0 fully saturated rings. The van der Waals surface area contributed by atoms with Crippen LogP contribution in [0.4, 0.5) is 4.39 Å². The maximum Gasteiger partial charge on any atom is 0.331 e. The Hall–Kier alpha value is -1.58. The van der Waals surface area contributed by atoms with Gasteiger partial charge in [-0.2, -0.15) is 0 Å². The Morgan fingerprint density at radius 2 is 2.06 bits per heavy atom. The molecule has 0 N–H and O–H groups in total. The summed E-state index contributed by atoms with van der Waals surface area (Å²) in [5.41, 5.74) is 0.0862.